The number of carbonyl (C=O) groups is 2. The second-order valence-electron chi connectivity index (χ2n) is 7.56. The Morgan fingerprint density at radius 3 is 2.48 bits per heavy atom. The molecular weight excluding hydrogens is 380 g/mol. The van der Waals surface area contributed by atoms with Gasteiger partial charge in [0.25, 0.3) is 5.91 Å². The lowest BCUT2D eigenvalue weighted by atomic mass is 9.97. The molecule has 1 aliphatic rings. The number of hydrogen-bond acceptors (Lipinski definition) is 3. The predicted octanol–water partition coefficient (Wildman–Crippen LogP) is 4.48. The van der Waals surface area contributed by atoms with E-state index in [-0.39, 0.29) is 18.2 Å². The fraction of sp³-hybridized carbons (Fsp3) is 0.292. The van der Waals surface area contributed by atoms with Gasteiger partial charge in [-0.1, -0.05) is 42.3 Å². The Balaban J connectivity index is 1.66. The van der Waals surface area contributed by atoms with Gasteiger partial charge in [-0.15, -0.1) is 11.3 Å². The molecule has 0 fully saturated rings. The van der Waals surface area contributed by atoms with E-state index < -0.39 is 0 Å². The summed E-state index contributed by atoms with van der Waals surface area (Å²) in [6.45, 7) is 2.24. The van der Waals surface area contributed by atoms with E-state index in [1.807, 2.05) is 66.3 Å². The van der Waals surface area contributed by atoms with E-state index in [0.29, 0.717) is 16.1 Å². The summed E-state index contributed by atoms with van der Waals surface area (Å²) in [6.07, 6.45) is 9.03. The molecule has 2 aromatic heterocycles. The molecule has 0 atom stereocenters. The number of pyridine rings is 1. The number of aryl methyl sites for hydroxylation is 2. The van der Waals surface area contributed by atoms with E-state index in [4.69, 9.17) is 0 Å². The highest BCUT2D eigenvalue weighted by molar-refractivity contribution is 7.17. The summed E-state index contributed by atoms with van der Waals surface area (Å²) in [5.74, 6) is -0.109. The molecule has 0 unspecified atom stereocenters. The van der Waals surface area contributed by atoms with Crippen LogP contribution in [-0.4, -0.2) is 11.7 Å². The highest BCUT2D eigenvalue weighted by Gasteiger charge is 2.27. The number of carbonyl (C=O) groups excluding carboxylic acids is 2. The Hall–Kier alpha value is -2.79. The number of hydrogen-bond donors (Lipinski definition) is 1. The van der Waals surface area contributed by atoms with Gasteiger partial charge in [0.05, 0.1) is 5.56 Å². The first-order valence-corrected chi connectivity index (χ1v) is 10.9. The van der Waals surface area contributed by atoms with E-state index in [0.717, 1.165) is 36.8 Å². The number of aromatic nitrogens is 1. The molecule has 5 heteroatoms. The lowest BCUT2D eigenvalue weighted by Gasteiger charge is -2.08. The van der Waals surface area contributed by atoms with Crippen LogP contribution in [0.4, 0.5) is 5.00 Å². The maximum Gasteiger partial charge on any atom is 0.290 e. The number of amides is 1. The van der Waals surface area contributed by atoms with Crippen LogP contribution < -0.4 is 9.88 Å². The molecule has 2 heterocycles. The molecule has 1 amide bonds. The third kappa shape index (κ3) is 4.46. The van der Waals surface area contributed by atoms with Gasteiger partial charge in [-0.05, 0) is 38.2 Å². The summed E-state index contributed by atoms with van der Waals surface area (Å²) in [4.78, 5) is 27.3. The van der Waals surface area contributed by atoms with Crippen LogP contribution in [0.3, 0.4) is 0 Å². The first-order chi connectivity index (χ1) is 14.1. The summed E-state index contributed by atoms with van der Waals surface area (Å²) < 4.78 is 1.83. The molecule has 148 valence electrons. The fourth-order valence-corrected chi connectivity index (χ4v) is 5.09. The van der Waals surface area contributed by atoms with Crippen molar-refractivity contribution in [2.75, 3.05) is 5.32 Å². The molecule has 1 aromatic carbocycles. The number of ketones is 1. The standard InChI is InChI=1S/C24H24N2O2S/c1-17-10-12-18(13-11-17)23(28)22-19-8-4-2-5-9-20(19)29-24(22)25-21(27)16-26-14-6-3-7-15-26/h3,6-7,10-15H,2,4-5,8-9,16H2,1H3/p+1. The highest BCUT2D eigenvalue weighted by Crippen LogP contribution is 2.38. The minimum Gasteiger partial charge on any atom is -0.312 e. The number of thiophene rings is 1. The normalized spacial score (nSPS) is 13.4. The Kier molecular flexibility index (Phi) is 5.86. The number of nitrogens with one attached hydrogen (secondary N) is 1. The number of rotatable bonds is 5. The van der Waals surface area contributed by atoms with Crippen LogP contribution in [0.25, 0.3) is 0 Å². The Morgan fingerprint density at radius 2 is 1.72 bits per heavy atom. The highest BCUT2D eigenvalue weighted by atomic mass is 32.1. The Bertz CT molecular complexity index is 1020. The number of benzene rings is 1. The van der Waals surface area contributed by atoms with Crippen molar-refractivity contribution in [2.24, 2.45) is 0 Å². The molecule has 0 saturated heterocycles. The van der Waals surface area contributed by atoms with E-state index >= 15 is 0 Å². The van der Waals surface area contributed by atoms with Gasteiger partial charge in [-0.2, -0.15) is 4.57 Å². The molecule has 0 saturated carbocycles. The molecule has 0 bridgehead atoms. The maximum absolute atomic E-state index is 13.4. The van der Waals surface area contributed by atoms with Crippen LogP contribution >= 0.6 is 11.3 Å². The van der Waals surface area contributed by atoms with Crippen molar-refractivity contribution < 1.29 is 14.2 Å². The van der Waals surface area contributed by atoms with Gasteiger partial charge in [0, 0.05) is 22.6 Å². The van der Waals surface area contributed by atoms with Crippen LogP contribution in [-0.2, 0) is 24.2 Å². The quantitative estimate of drug-likeness (QED) is 0.386. The minimum absolute atomic E-state index is 0.00654. The Morgan fingerprint density at radius 1 is 1.00 bits per heavy atom. The second kappa shape index (κ2) is 8.70. The average Bonchev–Trinajstić information content (AvgIpc) is 2.89. The number of anilines is 1. The zero-order valence-electron chi connectivity index (χ0n) is 16.6. The zero-order valence-corrected chi connectivity index (χ0v) is 17.4. The van der Waals surface area contributed by atoms with Gasteiger partial charge in [0.15, 0.2) is 18.2 Å². The summed E-state index contributed by atoms with van der Waals surface area (Å²) in [5, 5.41) is 3.73. The predicted molar refractivity (Wildman–Crippen MR) is 115 cm³/mol. The molecule has 0 aliphatic heterocycles. The van der Waals surface area contributed by atoms with E-state index in [1.165, 1.54) is 11.3 Å². The maximum atomic E-state index is 13.4. The van der Waals surface area contributed by atoms with E-state index in [1.54, 1.807) is 11.3 Å². The molecule has 29 heavy (non-hydrogen) atoms. The van der Waals surface area contributed by atoms with Gasteiger partial charge < -0.3 is 5.32 Å². The van der Waals surface area contributed by atoms with Crippen molar-refractivity contribution in [1.82, 2.24) is 0 Å². The van der Waals surface area contributed by atoms with Crippen LogP contribution in [0.2, 0.25) is 0 Å². The van der Waals surface area contributed by atoms with Crippen LogP contribution in [0.5, 0.6) is 0 Å². The number of nitrogens with zero attached hydrogens (tertiary/aromatic N) is 1. The minimum atomic E-state index is -0.115. The summed E-state index contributed by atoms with van der Waals surface area (Å²) in [7, 11) is 0. The van der Waals surface area contributed by atoms with Crippen molar-refractivity contribution in [3.63, 3.8) is 0 Å². The van der Waals surface area contributed by atoms with Crippen molar-refractivity contribution >= 4 is 28.0 Å². The van der Waals surface area contributed by atoms with Crippen molar-refractivity contribution in [1.29, 1.82) is 0 Å². The van der Waals surface area contributed by atoms with Crippen LogP contribution in [0, 0.1) is 6.92 Å². The third-order valence-electron chi connectivity index (χ3n) is 5.32. The average molecular weight is 406 g/mol. The van der Waals surface area contributed by atoms with E-state index in [9.17, 15) is 9.59 Å². The molecule has 0 spiro atoms. The van der Waals surface area contributed by atoms with Crippen LogP contribution in [0.15, 0.2) is 54.9 Å². The molecule has 3 aromatic rings. The smallest absolute Gasteiger partial charge is 0.290 e. The lowest BCUT2D eigenvalue weighted by molar-refractivity contribution is -0.684. The third-order valence-corrected chi connectivity index (χ3v) is 6.53. The van der Waals surface area contributed by atoms with Gasteiger partial charge in [-0.25, -0.2) is 0 Å². The Labute approximate surface area is 175 Å². The summed E-state index contributed by atoms with van der Waals surface area (Å²) >= 11 is 1.58. The lowest BCUT2D eigenvalue weighted by Crippen LogP contribution is -2.39. The van der Waals surface area contributed by atoms with Crippen molar-refractivity contribution in [2.45, 2.75) is 45.6 Å². The first-order valence-electron chi connectivity index (χ1n) is 10.1. The first kappa shape index (κ1) is 19.5. The van der Waals surface area contributed by atoms with Gasteiger partial charge in [-0.3, -0.25) is 9.59 Å². The molecule has 4 rings (SSSR count). The second-order valence-corrected chi connectivity index (χ2v) is 8.66. The van der Waals surface area contributed by atoms with E-state index in [2.05, 4.69) is 5.32 Å². The molecular formula is C24H25N2O2S+. The summed E-state index contributed by atoms with van der Waals surface area (Å²) in [5.41, 5.74) is 3.63. The van der Waals surface area contributed by atoms with Crippen molar-refractivity contribution in [3.05, 3.63) is 82.0 Å². The molecule has 1 aliphatic carbocycles. The molecule has 1 N–H and O–H groups in total. The SMILES string of the molecule is Cc1ccc(C(=O)c2c(NC(=O)C[n+]3ccccc3)sc3c2CCCCC3)cc1. The topological polar surface area (TPSA) is 50.1 Å². The van der Waals surface area contributed by atoms with Gasteiger partial charge in [0.1, 0.15) is 5.00 Å². The molecule has 4 nitrogen and oxygen atoms in total. The van der Waals surface area contributed by atoms with Crippen LogP contribution in [0.1, 0.15) is 51.2 Å². The largest absolute Gasteiger partial charge is 0.312 e. The van der Waals surface area contributed by atoms with Gasteiger partial charge >= 0.3 is 0 Å². The molecule has 0 radical (unpaired) electrons. The fourth-order valence-electron chi connectivity index (χ4n) is 3.79. The zero-order chi connectivity index (χ0) is 20.2. The summed E-state index contributed by atoms with van der Waals surface area (Å²) in [6, 6.07) is 13.4. The number of fused-ring (bicyclic) bond motifs is 1. The monoisotopic (exact) mass is 405 g/mol. The van der Waals surface area contributed by atoms with Gasteiger partial charge in [0.2, 0.25) is 6.54 Å². The van der Waals surface area contributed by atoms with Crippen molar-refractivity contribution in [3.8, 4) is 0 Å².